The summed E-state index contributed by atoms with van der Waals surface area (Å²) in [5.41, 5.74) is 1.65. The number of pyridine rings is 1. The van der Waals surface area contributed by atoms with Crippen molar-refractivity contribution in [2.24, 2.45) is 5.92 Å². The van der Waals surface area contributed by atoms with Gasteiger partial charge in [0.2, 0.25) is 0 Å². The molecule has 1 amide bonds. The minimum absolute atomic E-state index is 0.314. The van der Waals surface area contributed by atoms with Gasteiger partial charge >= 0.3 is 0 Å². The highest BCUT2D eigenvalue weighted by Crippen LogP contribution is 2.13. The Hall–Kier alpha value is -2.43. The third-order valence-electron chi connectivity index (χ3n) is 3.13. The lowest BCUT2D eigenvalue weighted by molar-refractivity contribution is 0.102. The van der Waals surface area contributed by atoms with Gasteiger partial charge in [0.05, 0.1) is 11.3 Å². The highest BCUT2D eigenvalue weighted by atomic mass is 19.1. The van der Waals surface area contributed by atoms with Crippen molar-refractivity contribution < 1.29 is 9.18 Å². The number of benzene rings is 1. The minimum atomic E-state index is -0.389. The first-order chi connectivity index (χ1) is 10.5. The molecule has 116 valence electrons. The average Bonchev–Trinajstić information content (AvgIpc) is 2.47. The van der Waals surface area contributed by atoms with Gasteiger partial charge in [-0.3, -0.25) is 9.78 Å². The standard InChI is InChI=1S/C17H20FN3O/c1-12(2)6-7-20-16-8-13(10-19-11-16)17(22)21-15-5-3-4-14(18)9-15/h3-5,8-12,20H,6-7H2,1-2H3,(H,21,22). The second kappa shape index (κ2) is 7.54. The van der Waals surface area contributed by atoms with Gasteiger partial charge in [-0.05, 0) is 36.6 Å². The molecule has 0 spiro atoms. The van der Waals surface area contributed by atoms with Crippen LogP contribution in [0.5, 0.6) is 0 Å². The maximum absolute atomic E-state index is 13.1. The number of carbonyl (C=O) groups is 1. The van der Waals surface area contributed by atoms with Crippen molar-refractivity contribution in [2.75, 3.05) is 17.2 Å². The van der Waals surface area contributed by atoms with Crippen LogP contribution in [0.4, 0.5) is 15.8 Å². The van der Waals surface area contributed by atoms with E-state index in [1.807, 2.05) is 0 Å². The van der Waals surface area contributed by atoms with Gasteiger partial charge in [-0.25, -0.2) is 4.39 Å². The number of nitrogens with one attached hydrogen (secondary N) is 2. The number of halogens is 1. The van der Waals surface area contributed by atoms with Crippen LogP contribution in [-0.4, -0.2) is 17.4 Å². The monoisotopic (exact) mass is 301 g/mol. The SMILES string of the molecule is CC(C)CCNc1cncc(C(=O)Nc2cccc(F)c2)c1. The van der Waals surface area contributed by atoms with Crippen LogP contribution in [0, 0.1) is 11.7 Å². The van der Waals surface area contributed by atoms with Crippen molar-refractivity contribution in [3.63, 3.8) is 0 Å². The number of anilines is 2. The first kappa shape index (κ1) is 15.9. The fourth-order valence-electron chi connectivity index (χ4n) is 1.94. The summed E-state index contributed by atoms with van der Waals surface area (Å²) in [7, 11) is 0. The first-order valence-corrected chi connectivity index (χ1v) is 7.30. The Morgan fingerprint density at radius 3 is 2.77 bits per heavy atom. The topological polar surface area (TPSA) is 54.0 Å². The fraction of sp³-hybridized carbons (Fsp3) is 0.294. The molecule has 2 aromatic rings. The summed E-state index contributed by atoms with van der Waals surface area (Å²) >= 11 is 0. The van der Waals surface area contributed by atoms with Crippen LogP contribution >= 0.6 is 0 Å². The summed E-state index contributed by atoms with van der Waals surface area (Å²) in [6.07, 6.45) is 4.21. The molecule has 0 saturated heterocycles. The van der Waals surface area contributed by atoms with E-state index in [1.165, 1.54) is 18.3 Å². The fourth-order valence-corrected chi connectivity index (χ4v) is 1.94. The zero-order chi connectivity index (χ0) is 15.9. The molecule has 1 aromatic carbocycles. The van der Waals surface area contributed by atoms with Gasteiger partial charge in [-0.2, -0.15) is 0 Å². The number of hydrogen-bond acceptors (Lipinski definition) is 3. The van der Waals surface area contributed by atoms with Gasteiger partial charge < -0.3 is 10.6 Å². The molecule has 0 aliphatic rings. The van der Waals surface area contributed by atoms with Crippen LogP contribution in [0.3, 0.4) is 0 Å². The van der Waals surface area contributed by atoms with Gasteiger partial charge in [0.1, 0.15) is 5.82 Å². The quantitative estimate of drug-likeness (QED) is 0.850. The lowest BCUT2D eigenvalue weighted by Gasteiger charge is -2.10. The van der Waals surface area contributed by atoms with E-state index in [9.17, 15) is 9.18 Å². The highest BCUT2D eigenvalue weighted by molar-refractivity contribution is 6.04. The molecule has 2 rings (SSSR count). The summed E-state index contributed by atoms with van der Waals surface area (Å²) in [4.78, 5) is 16.2. The number of rotatable bonds is 6. The first-order valence-electron chi connectivity index (χ1n) is 7.30. The molecular formula is C17H20FN3O. The maximum atomic E-state index is 13.1. The Morgan fingerprint density at radius 2 is 2.05 bits per heavy atom. The minimum Gasteiger partial charge on any atom is -0.384 e. The predicted molar refractivity (Wildman–Crippen MR) is 86.5 cm³/mol. The van der Waals surface area contributed by atoms with Gasteiger partial charge in [-0.15, -0.1) is 0 Å². The van der Waals surface area contributed by atoms with E-state index in [-0.39, 0.29) is 11.7 Å². The normalized spacial score (nSPS) is 10.5. The van der Waals surface area contributed by atoms with Crippen LogP contribution in [0.1, 0.15) is 30.6 Å². The Morgan fingerprint density at radius 1 is 1.23 bits per heavy atom. The van der Waals surface area contributed by atoms with Crippen LogP contribution in [-0.2, 0) is 0 Å². The van der Waals surface area contributed by atoms with Crippen LogP contribution in [0.25, 0.3) is 0 Å². The molecule has 0 aliphatic heterocycles. The second-order valence-electron chi connectivity index (χ2n) is 5.54. The molecule has 1 aromatic heterocycles. The molecule has 4 nitrogen and oxygen atoms in total. The molecule has 0 atom stereocenters. The van der Waals surface area contributed by atoms with Gasteiger partial charge in [-0.1, -0.05) is 19.9 Å². The lowest BCUT2D eigenvalue weighted by Crippen LogP contribution is -2.13. The molecule has 0 radical (unpaired) electrons. The van der Waals surface area contributed by atoms with E-state index >= 15 is 0 Å². The summed E-state index contributed by atoms with van der Waals surface area (Å²) in [6, 6.07) is 7.53. The van der Waals surface area contributed by atoms with Crippen LogP contribution in [0.2, 0.25) is 0 Å². The molecule has 0 aliphatic carbocycles. The van der Waals surface area contributed by atoms with E-state index in [4.69, 9.17) is 0 Å². The van der Waals surface area contributed by atoms with E-state index in [2.05, 4.69) is 29.5 Å². The largest absolute Gasteiger partial charge is 0.384 e. The van der Waals surface area contributed by atoms with Crippen molar-refractivity contribution in [3.05, 3.63) is 54.1 Å². The van der Waals surface area contributed by atoms with Crippen molar-refractivity contribution in [1.29, 1.82) is 0 Å². The summed E-state index contributed by atoms with van der Waals surface area (Å²) < 4.78 is 13.1. The number of nitrogens with zero attached hydrogens (tertiary/aromatic N) is 1. The average molecular weight is 301 g/mol. The van der Waals surface area contributed by atoms with E-state index in [1.54, 1.807) is 24.4 Å². The van der Waals surface area contributed by atoms with E-state index in [0.29, 0.717) is 17.2 Å². The molecule has 0 saturated carbocycles. The van der Waals surface area contributed by atoms with Crippen LogP contribution < -0.4 is 10.6 Å². The number of amides is 1. The summed E-state index contributed by atoms with van der Waals surface area (Å²) in [5, 5.41) is 5.90. The van der Waals surface area contributed by atoms with Gasteiger partial charge in [0.15, 0.2) is 0 Å². The molecule has 0 bridgehead atoms. The zero-order valence-corrected chi connectivity index (χ0v) is 12.8. The Kier molecular flexibility index (Phi) is 5.47. The Bertz CT molecular complexity index is 643. The second-order valence-corrected chi connectivity index (χ2v) is 5.54. The maximum Gasteiger partial charge on any atom is 0.257 e. The smallest absolute Gasteiger partial charge is 0.257 e. The number of carbonyl (C=O) groups excluding carboxylic acids is 1. The Labute approximate surface area is 129 Å². The molecule has 1 heterocycles. The third kappa shape index (κ3) is 4.84. The molecule has 22 heavy (non-hydrogen) atoms. The number of hydrogen-bond donors (Lipinski definition) is 2. The highest BCUT2D eigenvalue weighted by Gasteiger charge is 2.08. The van der Waals surface area contributed by atoms with Crippen molar-refractivity contribution >= 4 is 17.3 Å². The van der Waals surface area contributed by atoms with Crippen molar-refractivity contribution in [2.45, 2.75) is 20.3 Å². The van der Waals surface area contributed by atoms with Crippen LogP contribution in [0.15, 0.2) is 42.7 Å². The van der Waals surface area contributed by atoms with E-state index < -0.39 is 0 Å². The van der Waals surface area contributed by atoms with Crippen molar-refractivity contribution in [3.8, 4) is 0 Å². The van der Waals surface area contributed by atoms with Crippen molar-refractivity contribution in [1.82, 2.24) is 4.98 Å². The van der Waals surface area contributed by atoms with Gasteiger partial charge in [0.25, 0.3) is 5.91 Å². The molecule has 0 unspecified atom stereocenters. The lowest BCUT2D eigenvalue weighted by atomic mass is 10.1. The molecule has 0 fully saturated rings. The third-order valence-corrected chi connectivity index (χ3v) is 3.13. The van der Waals surface area contributed by atoms with E-state index in [0.717, 1.165) is 18.7 Å². The van der Waals surface area contributed by atoms with Gasteiger partial charge in [0, 0.05) is 24.6 Å². The molecule has 2 N–H and O–H groups in total. The predicted octanol–water partition coefficient (Wildman–Crippen LogP) is 3.93. The summed E-state index contributed by atoms with van der Waals surface area (Å²) in [6.45, 7) is 5.14. The zero-order valence-electron chi connectivity index (χ0n) is 12.8. The summed E-state index contributed by atoms with van der Waals surface area (Å²) in [5.74, 6) is -0.0921. The molecule has 5 heteroatoms. The molecular weight excluding hydrogens is 281 g/mol. The number of aromatic nitrogens is 1. The Balaban J connectivity index is 2.00.